The molecule has 0 radical (unpaired) electrons. The van der Waals surface area contributed by atoms with Gasteiger partial charge in [-0.1, -0.05) is 147 Å². The summed E-state index contributed by atoms with van der Waals surface area (Å²) in [6.07, 6.45) is 20.7. The van der Waals surface area contributed by atoms with Crippen molar-refractivity contribution in [2.24, 2.45) is 29.6 Å². The average molecular weight is 711 g/mol. The lowest BCUT2D eigenvalue weighted by Gasteiger charge is -2.37. The fraction of sp³-hybridized carbons (Fsp3) is 0.580. The van der Waals surface area contributed by atoms with Crippen LogP contribution in [0.4, 0.5) is 0 Å². The third-order valence-electron chi connectivity index (χ3n) is 12.3. The second-order valence-electron chi connectivity index (χ2n) is 15.1. The quantitative estimate of drug-likeness (QED) is 0.229. The molecule has 4 aliphatic rings. The minimum atomic E-state index is 0. The molecule has 0 spiro atoms. The minimum absolute atomic E-state index is 0. The summed E-state index contributed by atoms with van der Waals surface area (Å²) in [7, 11) is 1.77. The summed E-state index contributed by atoms with van der Waals surface area (Å²) >= 11 is 0. The summed E-state index contributed by atoms with van der Waals surface area (Å²) in [4.78, 5) is 14.3. The summed E-state index contributed by atoms with van der Waals surface area (Å²) in [6, 6.07) is 13.3. The number of aryl methyl sites for hydroxylation is 1. The topological polar surface area (TPSA) is 26.3 Å². The Morgan fingerprint density at radius 1 is 0.865 bits per heavy atom. The monoisotopic (exact) mass is 711 g/mol. The average Bonchev–Trinajstić information content (AvgIpc) is 3.76. The second-order valence-corrected chi connectivity index (χ2v) is 15.1. The molecule has 290 valence electrons. The Balaban J connectivity index is 0.00000174. The standard InChI is InChI=1S/C44H56O2.3C2H6.2H2/c1-28-22-34(26-42(46-6)30(28)3)24-33-23-29(2)41(25-33)40-21-20-39(32(40)5)38-19-13-18-37(27-38)31(4)44(45)43(35-14-9-7-10-15-35)36-16-11-8-12-17-36;3*1-2;;/h13,18-20,22-23,26-27,32,35-36,40,43H,4,7-12,14-17,21,24-25H2,1-3,5-6H3;3*1-2H3;2*1H. The molecule has 2 atom stereocenters. The Kier molecular flexibility index (Phi) is 17.9. The van der Waals surface area contributed by atoms with E-state index in [1.54, 1.807) is 12.7 Å². The highest BCUT2D eigenvalue weighted by atomic mass is 16.5. The van der Waals surface area contributed by atoms with Crippen molar-refractivity contribution < 1.29 is 12.4 Å². The van der Waals surface area contributed by atoms with E-state index in [4.69, 9.17) is 4.74 Å². The zero-order chi connectivity index (χ0) is 38.4. The smallest absolute Gasteiger partial charge is 0.166 e. The molecule has 0 heterocycles. The molecule has 2 heteroatoms. The molecule has 4 aliphatic carbocycles. The highest BCUT2D eigenvalue weighted by molar-refractivity contribution is 6.21. The van der Waals surface area contributed by atoms with Crippen molar-refractivity contribution in [1.82, 2.24) is 0 Å². The van der Waals surface area contributed by atoms with Gasteiger partial charge in [0.1, 0.15) is 5.75 Å². The zero-order valence-electron chi connectivity index (χ0n) is 35.2. The molecule has 0 aliphatic heterocycles. The number of Topliss-reactive ketones (excluding diaryl/α,β-unsaturated/α-hetero) is 1. The Labute approximate surface area is 323 Å². The van der Waals surface area contributed by atoms with E-state index in [-0.39, 0.29) is 8.77 Å². The molecular formula is C50H78O2. The molecule has 2 saturated carbocycles. The van der Waals surface area contributed by atoms with Gasteiger partial charge in [-0.15, -0.1) is 0 Å². The Morgan fingerprint density at radius 3 is 2.04 bits per heavy atom. The fourth-order valence-corrected chi connectivity index (χ4v) is 9.56. The van der Waals surface area contributed by atoms with E-state index in [9.17, 15) is 4.79 Å². The van der Waals surface area contributed by atoms with Crippen molar-refractivity contribution in [1.29, 1.82) is 0 Å². The molecule has 0 saturated heterocycles. The van der Waals surface area contributed by atoms with E-state index in [0.717, 1.165) is 36.1 Å². The lowest BCUT2D eigenvalue weighted by molar-refractivity contribution is -0.121. The maximum Gasteiger partial charge on any atom is 0.166 e. The van der Waals surface area contributed by atoms with Crippen molar-refractivity contribution in [3.05, 3.63) is 99.7 Å². The molecule has 0 amide bonds. The van der Waals surface area contributed by atoms with E-state index in [2.05, 4.69) is 82.8 Å². The van der Waals surface area contributed by atoms with Gasteiger partial charge >= 0.3 is 0 Å². The van der Waals surface area contributed by atoms with Crippen molar-refractivity contribution in [2.45, 2.75) is 153 Å². The van der Waals surface area contributed by atoms with Crippen LogP contribution in [0.1, 0.15) is 163 Å². The summed E-state index contributed by atoms with van der Waals surface area (Å²) < 4.78 is 5.66. The maximum atomic E-state index is 14.3. The molecule has 2 aromatic carbocycles. The van der Waals surface area contributed by atoms with E-state index in [1.807, 2.05) is 41.5 Å². The first-order valence-electron chi connectivity index (χ1n) is 21.3. The van der Waals surface area contributed by atoms with Gasteiger partial charge in [0.25, 0.3) is 0 Å². The van der Waals surface area contributed by atoms with Gasteiger partial charge in [-0.2, -0.15) is 0 Å². The van der Waals surface area contributed by atoms with Gasteiger partial charge in [-0.3, -0.25) is 4.79 Å². The molecular weight excluding hydrogens is 633 g/mol. The van der Waals surface area contributed by atoms with Crippen LogP contribution in [-0.2, 0) is 11.2 Å². The molecule has 52 heavy (non-hydrogen) atoms. The third kappa shape index (κ3) is 10.3. The number of hydrogen-bond donors (Lipinski definition) is 0. The van der Waals surface area contributed by atoms with Crippen LogP contribution >= 0.6 is 0 Å². The normalized spacial score (nSPS) is 20.5. The molecule has 2 aromatic rings. The number of carbonyl (C=O) groups excluding carboxylic acids is 1. The van der Waals surface area contributed by atoms with E-state index in [0.29, 0.717) is 29.5 Å². The van der Waals surface area contributed by atoms with Crippen molar-refractivity contribution in [3.63, 3.8) is 0 Å². The van der Waals surface area contributed by atoms with Crippen LogP contribution in [0.5, 0.6) is 5.75 Å². The summed E-state index contributed by atoms with van der Waals surface area (Å²) in [5.41, 5.74) is 12.9. The molecule has 2 unspecified atom stereocenters. The number of rotatable bonds is 10. The Hall–Kier alpha value is -3.13. The molecule has 0 aromatic heterocycles. The van der Waals surface area contributed by atoms with Gasteiger partial charge in [-0.05, 0) is 135 Å². The van der Waals surface area contributed by atoms with Crippen LogP contribution in [-0.4, -0.2) is 12.9 Å². The van der Waals surface area contributed by atoms with Crippen LogP contribution in [0, 0.1) is 43.4 Å². The Bertz CT molecular complexity index is 1550. The zero-order valence-corrected chi connectivity index (χ0v) is 35.2. The summed E-state index contributed by atoms with van der Waals surface area (Å²) in [6.45, 7) is 25.5. The van der Waals surface area contributed by atoms with Crippen LogP contribution in [0.3, 0.4) is 0 Å². The van der Waals surface area contributed by atoms with Gasteiger partial charge in [0.15, 0.2) is 5.78 Å². The first kappa shape index (κ1) is 43.3. The first-order valence-corrected chi connectivity index (χ1v) is 21.3. The fourth-order valence-electron chi connectivity index (χ4n) is 9.56. The number of allylic oxidation sites excluding steroid dienone is 7. The summed E-state index contributed by atoms with van der Waals surface area (Å²) in [5, 5.41) is 0. The van der Waals surface area contributed by atoms with Gasteiger partial charge in [-0.25, -0.2) is 0 Å². The van der Waals surface area contributed by atoms with Gasteiger partial charge < -0.3 is 4.74 Å². The highest BCUT2D eigenvalue weighted by Crippen LogP contribution is 2.47. The van der Waals surface area contributed by atoms with E-state index < -0.39 is 0 Å². The molecule has 2 fully saturated rings. The molecule has 2 nitrogen and oxygen atoms in total. The predicted octanol–water partition coefficient (Wildman–Crippen LogP) is 15.2. The van der Waals surface area contributed by atoms with Crippen LogP contribution < -0.4 is 4.74 Å². The molecule has 6 rings (SSSR count). The minimum Gasteiger partial charge on any atom is -0.496 e. The lowest BCUT2D eigenvalue weighted by Crippen LogP contribution is -2.34. The second kappa shape index (κ2) is 21.5. The maximum absolute atomic E-state index is 14.3. The number of ketones is 1. The predicted molar refractivity (Wildman–Crippen MR) is 232 cm³/mol. The molecule has 0 N–H and O–H groups in total. The van der Waals surface area contributed by atoms with Crippen molar-refractivity contribution >= 4 is 16.9 Å². The van der Waals surface area contributed by atoms with E-state index in [1.165, 1.54) is 103 Å². The SMILES string of the molecule is C=C(C(=O)C(C1CCCCC1)C1CCCCC1)c1cccc(C2=CCC(C3=C(C)C=C(Cc4cc(C)c(C)c(OC)c4)C3)C2C)c1.CC.CC.CC.[HH].[HH]. The number of hydrogen-bond acceptors (Lipinski definition) is 2. The number of ether oxygens (including phenoxy) is 1. The third-order valence-corrected chi connectivity index (χ3v) is 12.3. The van der Waals surface area contributed by atoms with Crippen LogP contribution in [0.2, 0.25) is 0 Å². The van der Waals surface area contributed by atoms with Crippen molar-refractivity contribution in [2.75, 3.05) is 7.11 Å². The van der Waals surface area contributed by atoms with Crippen molar-refractivity contribution in [3.8, 4) is 5.75 Å². The van der Waals surface area contributed by atoms with Gasteiger partial charge in [0, 0.05) is 14.3 Å². The van der Waals surface area contributed by atoms with Gasteiger partial charge in [0.2, 0.25) is 0 Å². The molecule has 0 bridgehead atoms. The number of benzene rings is 2. The van der Waals surface area contributed by atoms with E-state index >= 15 is 0 Å². The van der Waals surface area contributed by atoms with Crippen LogP contribution in [0.25, 0.3) is 11.1 Å². The Morgan fingerprint density at radius 2 is 1.46 bits per heavy atom. The number of carbonyl (C=O) groups is 1. The number of methoxy groups -OCH3 is 1. The highest BCUT2D eigenvalue weighted by Gasteiger charge is 2.38. The van der Waals surface area contributed by atoms with Crippen LogP contribution in [0.15, 0.2) is 71.8 Å². The lowest BCUT2D eigenvalue weighted by atomic mass is 9.66. The first-order chi connectivity index (χ1) is 25.2. The summed E-state index contributed by atoms with van der Waals surface area (Å²) in [5.74, 6) is 3.54. The largest absolute Gasteiger partial charge is 0.496 e. The van der Waals surface area contributed by atoms with Gasteiger partial charge in [0.05, 0.1) is 7.11 Å².